The zero-order chi connectivity index (χ0) is 22.2. The van der Waals surface area contributed by atoms with E-state index in [9.17, 15) is 9.90 Å². The Morgan fingerprint density at radius 2 is 1.90 bits per heavy atom. The number of fused-ring (bicyclic) bond motifs is 6. The maximum atomic E-state index is 12.9. The monoisotopic (exact) mass is 424 g/mol. The van der Waals surface area contributed by atoms with Gasteiger partial charge in [-0.05, 0) is 112 Å². The zero-order valence-electron chi connectivity index (χ0n) is 20.5. The summed E-state index contributed by atoms with van der Waals surface area (Å²) in [5.41, 5.74) is 3.24. The number of rotatable bonds is 4. The summed E-state index contributed by atoms with van der Waals surface area (Å²) in [6.07, 6.45) is 16.0. The van der Waals surface area contributed by atoms with Gasteiger partial charge < -0.3 is 5.11 Å². The summed E-state index contributed by atoms with van der Waals surface area (Å²) >= 11 is 0. The van der Waals surface area contributed by atoms with Gasteiger partial charge in [0.1, 0.15) is 6.10 Å². The van der Waals surface area contributed by atoms with Crippen LogP contribution >= 0.6 is 0 Å². The fourth-order valence-corrected chi connectivity index (χ4v) is 9.50. The van der Waals surface area contributed by atoms with Crippen LogP contribution in [0.1, 0.15) is 98.8 Å². The summed E-state index contributed by atoms with van der Waals surface area (Å²) in [7, 11) is 0. The largest absolute Gasteiger partial charge is 0.384 e. The van der Waals surface area contributed by atoms with Gasteiger partial charge >= 0.3 is 0 Å². The summed E-state index contributed by atoms with van der Waals surface area (Å²) in [5.74, 6) is 3.97. The van der Waals surface area contributed by atoms with Gasteiger partial charge in [0.2, 0.25) is 0 Å². The van der Waals surface area contributed by atoms with Crippen LogP contribution in [0.25, 0.3) is 0 Å². The number of carbonyl (C=O) groups is 1. The summed E-state index contributed by atoms with van der Waals surface area (Å²) < 4.78 is 0. The predicted octanol–water partition coefficient (Wildman–Crippen LogP) is 6.88. The van der Waals surface area contributed by atoms with Gasteiger partial charge in [-0.3, -0.25) is 4.79 Å². The van der Waals surface area contributed by atoms with E-state index < -0.39 is 6.10 Å². The van der Waals surface area contributed by atoms with Gasteiger partial charge in [-0.2, -0.15) is 0 Å². The SMILES string of the molecule is CC(C)=CCC[C@H](C)[C@H]1CC[C@H]2[C@@H]3CC=C4C5(CC5)C(O)C(=O)C[C@]4(C)[C@H]3CC[C@]12C. The summed E-state index contributed by atoms with van der Waals surface area (Å²) in [6.45, 7) is 12.0. The number of aliphatic hydroxyl groups excluding tert-OH is 1. The molecule has 1 unspecified atom stereocenters. The van der Waals surface area contributed by atoms with Crippen molar-refractivity contribution in [1.29, 1.82) is 0 Å². The Bertz CT molecular complexity index is 813. The molecule has 0 bridgehead atoms. The van der Waals surface area contributed by atoms with Crippen molar-refractivity contribution in [3.8, 4) is 0 Å². The van der Waals surface area contributed by atoms with Gasteiger partial charge in [0, 0.05) is 11.8 Å². The van der Waals surface area contributed by atoms with Gasteiger partial charge in [-0.15, -0.1) is 0 Å². The highest BCUT2D eigenvalue weighted by Crippen LogP contribution is 2.72. The number of Topliss-reactive ketones (excluding diaryl/α,β-unsaturated/α-hetero) is 1. The molecule has 0 saturated heterocycles. The van der Waals surface area contributed by atoms with Gasteiger partial charge in [0.15, 0.2) is 5.78 Å². The van der Waals surface area contributed by atoms with E-state index in [1.807, 2.05) is 0 Å². The van der Waals surface area contributed by atoms with Crippen LogP contribution in [-0.2, 0) is 4.79 Å². The first-order valence-corrected chi connectivity index (χ1v) is 13.2. The molecule has 2 heteroatoms. The third-order valence-corrected chi connectivity index (χ3v) is 11.1. The van der Waals surface area contributed by atoms with Gasteiger partial charge in [0.05, 0.1) is 0 Å². The lowest BCUT2D eigenvalue weighted by Crippen LogP contribution is -2.55. The zero-order valence-corrected chi connectivity index (χ0v) is 20.5. The molecule has 0 aromatic rings. The Kier molecular flexibility index (Phi) is 5.17. The van der Waals surface area contributed by atoms with Crippen LogP contribution in [-0.4, -0.2) is 17.0 Å². The van der Waals surface area contributed by atoms with E-state index in [2.05, 4.69) is 46.8 Å². The molecule has 0 aliphatic heterocycles. The number of allylic oxidation sites excluding steroid dienone is 3. The minimum absolute atomic E-state index is 0.00418. The topological polar surface area (TPSA) is 37.3 Å². The molecular formula is C29H44O2. The van der Waals surface area contributed by atoms with E-state index in [-0.39, 0.29) is 16.6 Å². The van der Waals surface area contributed by atoms with Crippen LogP contribution in [0.3, 0.4) is 0 Å². The van der Waals surface area contributed by atoms with Crippen molar-refractivity contribution in [3.05, 3.63) is 23.3 Å². The predicted molar refractivity (Wildman–Crippen MR) is 126 cm³/mol. The average molecular weight is 425 g/mol. The lowest BCUT2D eigenvalue weighted by atomic mass is 9.45. The summed E-state index contributed by atoms with van der Waals surface area (Å²) in [5, 5.41) is 10.7. The second kappa shape index (κ2) is 7.31. The van der Waals surface area contributed by atoms with Crippen molar-refractivity contribution in [1.82, 2.24) is 0 Å². The Morgan fingerprint density at radius 1 is 1.16 bits per heavy atom. The van der Waals surface area contributed by atoms with Crippen molar-refractivity contribution >= 4 is 5.78 Å². The lowest BCUT2D eigenvalue weighted by molar-refractivity contribution is -0.140. The molecule has 0 aromatic carbocycles. The molecule has 0 aromatic heterocycles. The first kappa shape index (κ1) is 21.9. The molecular weight excluding hydrogens is 380 g/mol. The van der Waals surface area contributed by atoms with Crippen molar-refractivity contribution in [2.24, 2.45) is 45.8 Å². The van der Waals surface area contributed by atoms with Crippen LogP contribution in [0.15, 0.2) is 23.3 Å². The minimum Gasteiger partial charge on any atom is -0.384 e. The quantitative estimate of drug-likeness (QED) is 0.500. The van der Waals surface area contributed by atoms with Crippen molar-refractivity contribution < 1.29 is 9.90 Å². The molecule has 5 rings (SSSR count). The first-order chi connectivity index (χ1) is 14.6. The van der Waals surface area contributed by atoms with Crippen molar-refractivity contribution in [2.45, 2.75) is 105 Å². The van der Waals surface area contributed by atoms with E-state index in [0.29, 0.717) is 17.8 Å². The highest BCUT2D eigenvalue weighted by molar-refractivity contribution is 5.88. The Hall–Kier alpha value is -0.890. The van der Waals surface area contributed by atoms with Crippen LogP contribution in [0.5, 0.6) is 0 Å². The molecule has 31 heavy (non-hydrogen) atoms. The van der Waals surface area contributed by atoms with Crippen LogP contribution in [0.4, 0.5) is 0 Å². The number of aliphatic hydroxyl groups is 1. The lowest BCUT2D eigenvalue weighted by Gasteiger charge is -2.59. The maximum absolute atomic E-state index is 12.9. The van der Waals surface area contributed by atoms with Gasteiger partial charge in [0.25, 0.3) is 0 Å². The molecule has 1 spiro atoms. The van der Waals surface area contributed by atoms with Crippen LogP contribution < -0.4 is 0 Å². The maximum Gasteiger partial charge on any atom is 0.163 e. The molecule has 8 atom stereocenters. The standard InChI is InChI=1S/C29H44O2/c1-18(2)7-6-8-19(3)21-10-11-22-20-9-12-25-28(5,23(20)13-14-27(21,22)4)17-24(30)26(31)29(25)15-16-29/h7,12,19-23,26,31H,6,8-11,13-17H2,1-5H3/t19-,20-,21+,22-,23-,26?,27+,28+/m0/s1. The van der Waals surface area contributed by atoms with E-state index in [1.165, 1.54) is 56.1 Å². The molecule has 2 nitrogen and oxygen atoms in total. The Balaban J connectivity index is 1.39. The number of carbonyl (C=O) groups excluding carboxylic acids is 1. The highest BCUT2D eigenvalue weighted by atomic mass is 16.3. The van der Waals surface area contributed by atoms with Crippen molar-refractivity contribution in [3.63, 3.8) is 0 Å². The third-order valence-electron chi connectivity index (χ3n) is 11.1. The molecule has 0 radical (unpaired) electrons. The second-order valence-electron chi connectivity index (χ2n) is 12.9. The van der Waals surface area contributed by atoms with E-state index in [4.69, 9.17) is 0 Å². The van der Waals surface area contributed by atoms with E-state index >= 15 is 0 Å². The molecule has 5 aliphatic rings. The molecule has 0 amide bonds. The fraction of sp³-hybridized carbons (Fsp3) is 0.828. The van der Waals surface area contributed by atoms with Gasteiger partial charge in [-0.25, -0.2) is 0 Å². The average Bonchev–Trinajstić information content (AvgIpc) is 3.40. The second-order valence-corrected chi connectivity index (χ2v) is 12.9. The molecule has 4 saturated carbocycles. The van der Waals surface area contributed by atoms with E-state index in [1.54, 1.807) is 0 Å². The number of hydrogen-bond acceptors (Lipinski definition) is 2. The van der Waals surface area contributed by atoms with Crippen LogP contribution in [0.2, 0.25) is 0 Å². The molecule has 172 valence electrons. The number of hydrogen-bond donors (Lipinski definition) is 1. The molecule has 4 fully saturated rings. The van der Waals surface area contributed by atoms with Crippen LogP contribution in [0, 0.1) is 45.8 Å². The molecule has 0 heterocycles. The number of ketones is 1. The molecule has 1 N–H and O–H groups in total. The van der Waals surface area contributed by atoms with Crippen molar-refractivity contribution in [2.75, 3.05) is 0 Å². The highest BCUT2D eigenvalue weighted by Gasteiger charge is 2.67. The Labute approximate surface area is 190 Å². The minimum atomic E-state index is -0.727. The fourth-order valence-electron chi connectivity index (χ4n) is 9.50. The summed E-state index contributed by atoms with van der Waals surface area (Å²) in [6, 6.07) is 0. The van der Waals surface area contributed by atoms with E-state index in [0.717, 1.165) is 36.5 Å². The summed E-state index contributed by atoms with van der Waals surface area (Å²) in [4.78, 5) is 12.9. The normalized spacial score (nSPS) is 45.9. The smallest absolute Gasteiger partial charge is 0.163 e. The first-order valence-electron chi connectivity index (χ1n) is 13.2. The Morgan fingerprint density at radius 3 is 2.58 bits per heavy atom. The molecule has 5 aliphatic carbocycles. The van der Waals surface area contributed by atoms with Gasteiger partial charge in [-0.1, -0.05) is 44.1 Å². The third kappa shape index (κ3) is 3.10.